The third-order valence-corrected chi connectivity index (χ3v) is 3.33. The van der Waals surface area contributed by atoms with Gasteiger partial charge in [0.05, 0.1) is 4.92 Å². The molecule has 1 saturated carbocycles. The molecule has 6 heteroatoms. The van der Waals surface area contributed by atoms with Gasteiger partial charge in [-0.1, -0.05) is 24.4 Å². The van der Waals surface area contributed by atoms with Crippen LogP contribution in [-0.4, -0.2) is 14.7 Å². The van der Waals surface area contributed by atoms with Crippen molar-refractivity contribution >= 4 is 17.3 Å². The second-order valence-corrected chi connectivity index (χ2v) is 4.24. The molecule has 0 N–H and O–H groups in total. The van der Waals surface area contributed by atoms with Crippen LogP contribution in [0.25, 0.3) is 0 Å². The summed E-state index contributed by atoms with van der Waals surface area (Å²) < 4.78 is 1.38. The number of aryl methyl sites for hydroxylation is 1. The smallest absolute Gasteiger partial charge is 0.258 e. The highest BCUT2D eigenvalue weighted by molar-refractivity contribution is 6.31. The maximum atomic E-state index is 10.9. The van der Waals surface area contributed by atoms with Crippen LogP contribution < -0.4 is 0 Å². The van der Waals surface area contributed by atoms with Crippen LogP contribution in [0.1, 0.15) is 37.3 Å². The summed E-state index contributed by atoms with van der Waals surface area (Å²) in [6.45, 7) is 0. The van der Waals surface area contributed by atoms with Gasteiger partial charge >= 0.3 is 5.69 Å². The molecule has 82 valence electrons. The summed E-state index contributed by atoms with van der Waals surface area (Å²) in [5.74, 6) is 0.212. The molecule has 1 heterocycles. The van der Waals surface area contributed by atoms with Crippen molar-refractivity contribution in [3.63, 3.8) is 0 Å². The molecule has 15 heavy (non-hydrogen) atoms. The Morgan fingerprint density at radius 2 is 2.13 bits per heavy atom. The Bertz CT molecular complexity index is 396. The van der Waals surface area contributed by atoms with E-state index in [4.69, 9.17) is 11.6 Å². The van der Waals surface area contributed by atoms with Gasteiger partial charge in [-0.15, -0.1) is 0 Å². The Hall–Kier alpha value is -1.10. The van der Waals surface area contributed by atoms with E-state index in [1.54, 1.807) is 7.05 Å². The molecule has 0 aliphatic heterocycles. The Kier molecular flexibility index (Phi) is 2.65. The molecule has 0 radical (unpaired) electrons. The van der Waals surface area contributed by atoms with Crippen molar-refractivity contribution in [2.45, 2.75) is 31.6 Å². The summed E-state index contributed by atoms with van der Waals surface area (Å²) in [5.41, 5.74) is 0.552. The predicted octanol–water partition coefficient (Wildman–Crippen LogP) is 2.64. The van der Waals surface area contributed by atoms with Gasteiger partial charge in [0.25, 0.3) is 0 Å². The molecule has 0 atom stereocenters. The lowest BCUT2D eigenvalue weighted by atomic mass is 10.0. The molecule has 1 aliphatic rings. The minimum absolute atomic E-state index is 0.00827. The minimum Gasteiger partial charge on any atom is -0.258 e. The summed E-state index contributed by atoms with van der Waals surface area (Å²) in [4.78, 5) is 10.5. The van der Waals surface area contributed by atoms with Crippen molar-refractivity contribution < 1.29 is 4.92 Å². The van der Waals surface area contributed by atoms with Gasteiger partial charge in [-0.25, -0.2) is 0 Å². The van der Waals surface area contributed by atoms with Crippen LogP contribution in [-0.2, 0) is 7.05 Å². The summed E-state index contributed by atoms with van der Waals surface area (Å²) in [6, 6.07) is 0. The Morgan fingerprint density at radius 3 is 2.67 bits per heavy atom. The maximum Gasteiger partial charge on any atom is 0.329 e. The Labute approximate surface area is 92.2 Å². The number of hydrogen-bond donors (Lipinski definition) is 0. The topological polar surface area (TPSA) is 61.0 Å². The average Bonchev–Trinajstić information content (AvgIpc) is 2.75. The molecular weight excluding hydrogens is 218 g/mol. The average molecular weight is 230 g/mol. The predicted molar refractivity (Wildman–Crippen MR) is 56.1 cm³/mol. The molecule has 0 spiro atoms. The Balaban J connectivity index is 2.45. The Morgan fingerprint density at radius 1 is 1.53 bits per heavy atom. The first kappa shape index (κ1) is 10.4. The summed E-state index contributed by atoms with van der Waals surface area (Å²) in [6.07, 6.45) is 4.20. The van der Waals surface area contributed by atoms with E-state index in [-0.39, 0.29) is 16.8 Å². The zero-order chi connectivity index (χ0) is 11.0. The number of nitrogens with zero attached hydrogens (tertiary/aromatic N) is 3. The summed E-state index contributed by atoms with van der Waals surface area (Å²) >= 11 is 5.85. The maximum absolute atomic E-state index is 10.9. The number of halogens is 1. The van der Waals surface area contributed by atoms with E-state index in [1.807, 2.05) is 0 Å². The van der Waals surface area contributed by atoms with Crippen LogP contribution >= 0.6 is 11.6 Å². The van der Waals surface area contributed by atoms with Gasteiger partial charge in [-0.3, -0.25) is 14.8 Å². The molecule has 0 bridgehead atoms. The van der Waals surface area contributed by atoms with Crippen molar-refractivity contribution in [1.82, 2.24) is 9.78 Å². The van der Waals surface area contributed by atoms with Crippen LogP contribution in [0, 0.1) is 10.1 Å². The molecule has 1 fully saturated rings. The highest BCUT2D eigenvalue weighted by atomic mass is 35.5. The van der Waals surface area contributed by atoms with E-state index in [0.29, 0.717) is 5.69 Å². The minimum atomic E-state index is -0.428. The number of aromatic nitrogens is 2. The van der Waals surface area contributed by atoms with Gasteiger partial charge in [0, 0.05) is 13.0 Å². The largest absolute Gasteiger partial charge is 0.329 e. The van der Waals surface area contributed by atoms with Crippen molar-refractivity contribution in [1.29, 1.82) is 0 Å². The zero-order valence-electron chi connectivity index (χ0n) is 8.44. The quantitative estimate of drug-likeness (QED) is 0.579. The number of hydrogen-bond acceptors (Lipinski definition) is 3. The lowest BCUT2D eigenvalue weighted by molar-refractivity contribution is -0.385. The van der Waals surface area contributed by atoms with E-state index in [0.717, 1.165) is 25.7 Å². The molecule has 0 amide bonds. The van der Waals surface area contributed by atoms with Crippen molar-refractivity contribution in [2.75, 3.05) is 0 Å². The van der Waals surface area contributed by atoms with E-state index in [2.05, 4.69) is 5.10 Å². The summed E-state index contributed by atoms with van der Waals surface area (Å²) in [5, 5.41) is 15.2. The van der Waals surface area contributed by atoms with Gasteiger partial charge in [-0.05, 0) is 12.8 Å². The van der Waals surface area contributed by atoms with Crippen LogP contribution in [0.2, 0.25) is 5.15 Å². The van der Waals surface area contributed by atoms with Gasteiger partial charge in [0.1, 0.15) is 5.69 Å². The van der Waals surface area contributed by atoms with E-state index < -0.39 is 4.92 Å². The van der Waals surface area contributed by atoms with Crippen LogP contribution in [0.5, 0.6) is 0 Å². The van der Waals surface area contributed by atoms with Crippen molar-refractivity contribution in [3.8, 4) is 0 Å². The molecule has 0 saturated heterocycles. The molecule has 5 nitrogen and oxygen atoms in total. The number of rotatable bonds is 2. The van der Waals surface area contributed by atoms with E-state index in [1.165, 1.54) is 4.68 Å². The highest BCUT2D eigenvalue weighted by Crippen LogP contribution is 2.40. The fourth-order valence-corrected chi connectivity index (χ4v) is 2.36. The first-order valence-corrected chi connectivity index (χ1v) is 5.36. The standard InChI is InChI=1S/C9H12ClN3O2/c1-12-9(10)8(13(14)15)7(11-12)6-4-2-3-5-6/h6H,2-5H2,1H3. The molecular formula is C9H12ClN3O2. The SMILES string of the molecule is Cn1nc(C2CCCC2)c([N+](=O)[O-])c1Cl. The lowest BCUT2D eigenvalue weighted by Crippen LogP contribution is -1.99. The first-order chi connectivity index (χ1) is 7.11. The second kappa shape index (κ2) is 3.81. The molecule has 1 aromatic heterocycles. The molecule has 1 aromatic rings. The molecule has 0 unspecified atom stereocenters. The number of nitro groups is 1. The first-order valence-electron chi connectivity index (χ1n) is 4.98. The third-order valence-electron chi connectivity index (χ3n) is 2.90. The van der Waals surface area contributed by atoms with Gasteiger partial charge < -0.3 is 0 Å². The normalized spacial score (nSPS) is 17.2. The van der Waals surface area contributed by atoms with Crippen LogP contribution in [0.15, 0.2) is 0 Å². The highest BCUT2D eigenvalue weighted by Gasteiger charge is 2.32. The third kappa shape index (κ3) is 1.71. The van der Waals surface area contributed by atoms with Crippen LogP contribution in [0.3, 0.4) is 0 Å². The summed E-state index contributed by atoms with van der Waals surface area (Å²) in [7, 11) is 1.63. The van der Waals surface area contributed by atoms with E-state index >= 15 is 0 Å². The fourth-order valence-electron chi connectivity index (χ4n) is 2.15. The van der Waals surface area contributed by atoms with Crippen LogP contribution in [0.4, 0.5) is 5.69 Å². The van der Waals surface area contributed by atoms with Crippen molar-refractivity contribution in [2.24, 2.45) is 7.05 Å². The molecule has 1 aliphatic carbocycles. The van der Waals surface area contributed by atoms with Gasteiger partial charge in [0.15, 0.2) is 0 Å². The molecule has 0 aromatic carbocycles. The monoisotopic (exact) mass is 229 g/mol. The van der Waals surface area contributed by atoms with Gasteiger partial charge in [-0.2, -0.15) is 5.10 Å². The second-order valence-electron chi connectivity index (χ2n) is 3.89. The fraction of sp³-hybridized carbons (Fsp3) is 0.667. The zero-order valence-corrected chi connectivity index (χ0v) is 9.20. The van der Waals surface area contributed by atoms with E-state index in [9.17, 15) is 10.1 Å². The van der Waals surface area contributed by atoms with Crippen molar-refractivity contribution in [3.05, 3.63) is 21.0 Å². The molecule has 2 rings (SSSR count). The lowest BCUT2D eigenvalue weighted by Gasteiger charge is -2.02. The van der Waals surface area contributed by atoms with Gasteiger partial charge in [0.2, 0.25) is 5.15 Å².